The van der Waals surface area contributed by atoms with Crippen molar-refractivity contribution in [3.63, 3.8) is 0 Å². The molecule has 19 heavy (non-hydrogen) atoms. The highest BCUT2D eigenvalue weighted by Crippen LogP contribution is 2.18. The lowest BCUT2D eigenvalue weighted by Gasteiger charge is -2.06. The molecule has 0 spiro atoms. The van der Waals surface area contributed by atoms with Gasteiger partial charge in [-0.3, -0.25) is 10.1 Å². The number of aromatic nitrogens is 2. The number of carbonyl (C=O) groups is 1. The van der Waals surface area contributed by atoms with E-state index in [4.69, 9.17) is 17.3 Å². The van der Waals surface area contributed by atoms with Crippen molar-refractivity contribution in [3.8, 4) is 0 Å². The average Bonchev–Trinajstić information content (AvgIpc) is 2.25. The maximum atomic E-state index is 12.0. The number of anilines is 2. The molecule has 0 bridgehead atoms. The Morgan fingerprint density at radius 3 is 2.68 bits per heavy atom. The number of aryl methyl sites for hydroxylation is 1. The van der Waals surface area contributed by atoms with E-state index >= 15 is 0 Å². The molecule has 2 aromatic rings. The van der Waals surface area contributed by atoms with Crippen molar-refractivity contribution in [2.45, 2.75) is 6.92 Å². The zero-order valence-electron chi connectivity index (χ0n) is 9.95. The Morgan fingerprint density at radius 1 is 1.32 bits per heavy atom. The Kier molecular flexibility index (Phi) is 4.01. The number of nitrogens with zero attached hydrogens (tertiary/aromatic N) is 2. The van der Waals surface area contributed by atoms with Crippen molar-refractivity contribution in [1.29, 1.82) is 0 Å². The Labute approximate surface area is 123 Å². The van der Waals surface area contributed by atoms with Crippen LogP contribution < -0.4 is 11.1 Å². The second-order valence-corrected chi connectivity index (χ2v) is 5.19. The molecule has 0 unspecified atom stereocenters. The summed E-state index contributed by atoms with van der Waals surface area (Å²) in [4.78, 5) is 20.0. The van der Waals surface area contributed by atoms with Gasteiger partial charge in [0.05, 0.1) is 0 Å². The molecule has 0 atom stereocenters. The van der Waals surface area contributed by atoms with Crippen molar-refractivity contribution in [1.82, 2.24) is 9.97 Å². The Bertz CT molecular complexity index is 607. The van der Waals surface area contributed by atoms with E-state index in [0.29, 0.717) is 16.9 Å². The van der Waals surface area contributed by atoms with Crippen LogP contribution in [0.15, 0.2) is 28.7 Å². The SMILES string of the molecule is Cc1cc(Cl)nc(NC(=O)c2cc(N)cc(Br)c2)n1. The fraction of sp³-hybridized carbons (Fsp3) is 0.0833. The van der Waals surface area contributed by atoms with Crippen LogP contribution in [0.1, 0.15) is 16.1 Å². The van der Waals surface area contributed by atoms with E-state index in [0.717, 1.165) is 4.47 Å². The maximum Gasteiger partial charge on any atom is 0.258 e. The molecule has 0 aliphatic heterocycles. The first kappa shape index (κ1) is 13.8. The first-order chi connectivity index (χ1) is 8.94. The summed E-state index contributed by atoms with van der Waals surface area (Å²) in [6.45, 7) is 1.76. The number of nitrogens with one attached hydrogen (secondary N) is 1. The van der Waals surface area contributed by atoms with Crippen LogP contribution in [-0.4, -0.2) is 15.9 Å². The number of benzene rings is 1. The van der Waals surface area contributed by atoms with Gasteiger partial charge in [-0.15, -0.1) is 0 Å². The van der Waals surface area contributed by atoms with Gasteiger partial charge < -0.3 is 5.73 Å². The largest absolute Gasteiger partial charge is 0.399 e. The summed E-state index contributed by atoms with van der Waals surface area (Å²) in [5, 5.41) is 2.85. The molecule has 98 valence electrons. The minimum Gasteiger partial charge on any atom is -0.399 e. The molecule has 5 nitrogen and oxygen atoms in total. The van der Waals surface area contributed by atoms with Gasteiger partial charge in [0.1, 0.15) is 5.15 Å². The van der Waals surface area contributed by atoms with Crippen LogP contribution in [0.4, 0.5) is 11.6 Å². The molecule has 3 N–H and O–H groups in total. The van der Waals surface area contributed by atoms with E-state index in [1.807, 2.05) is 0 Å². The smallest absolute Gasteiger partial charge is 0.258 e. The molecule has 7 heteroatoms. The van der Waals surface area contributed by atoms with Crippen LogP contribution in [-0.2, 0) is 0 Å². The van der Waals surface area contributed by atoms with Crippen LogP contribution in [0.5, 0.6) is 0 Å². The summed E-state index contributed by atoms with van der Waals surface area (Å²) in [6.07, 6.45) is 0. The van der Waals surface area contributed by atoms with E-state index in [-0.39, 0.29) is 17.0 Å². The van der Waals surface area contributed by atoms with Crippen LogP contribution in [0, 0.1) is 6.92 Å². The molecule has 0 saturated carbocycles. The van der Waals surface area contributed by atoms with Gasteiger partial charge in [-0.2, -0.15) is 0 Å². The number of halogens is 2. The molecule has 2 rings (SSSR count). The second kappa shape index (κ2) is 5.54. The normalized spacial score (nSPS) is 10.3. The first-order valence-corrected chi connectivity index (χ1v) is 6.50. The summed E-state index contributed by atoms with van der Waals surface area (Å²) < 4.78 is 0.723. The van der Waals surface area contributed by atoms with Gasteiger partial charge in [-0.1, -0.05) is 27.5 Å². The molecule has 0 aliphatic rings. The fourth-order valence-corrected chi connectivity index (χ4v) is 2.25. The summed E-state index contributed by atoms with van der Waals surface area (Å²) >= 11 is 9.08. The molecule has 1 heterocycles. The lowest BCUT2D eigenvalue weighted by molar-refractivity contribution is 0.102. The number of amides is 1. The number of hydrogen-bond acceptors (Lipinski definition) is 4. The standard InChI is InChI=1S/C12H10BrClN4O/c1-6-2-10(14)17-12(16-6)18-11(19)7-3-8(13)5-9(15)4-7/h2-5H,15H2,1H3,(H,16,17,18,19). The topological polar surface area (TPSA) is 80.9 Å². The van der Waals surface area contributed by atoms with Gasteiger partial charge in [0.15, 0.2) is 0 Å². The number of nitrogens with two attached hydrogens (primary N) is 1. The molecule has 1 amide bonds. The number of rotatable bonds is 2. The monoisotopic (exact) mass is 340 g/mol. The highest BCUT2D eigenvalue weighted by molar-refractivity contribution is 9.10. The molecule has 1 aromatic carbocycles. The summed E-state index contributed by atoms with van der Waals surface area (Å²) in [5.41, 5.74) is 7.25. The number of nitrogen functional groups attached to an aromatic ring is 1. The van der Waals surface area contributed by atoms with Gasteiger partial charge in [-0.05, 0) is 31.2 Å². The Balaban J connectivity index is 2.25. The average molecular weight is 342 g/mol. The van der Waals surface area contributed by atoms with Gasteiger partial charge in [0.25, 0.3) is 5.91 Å². The Hall–Kier alpha value is -1.66. The molecular weight excluding hydrogens is 332 g/mol. The third kappa shape index (κ3) is 3.65. The summed E-state index contributed by atoms with van der Waals surface area (Å²) in [7, 11) is 0. The minimum absolute atomic E-state index is 0.161. The molecule has 1 aromatic heterocycles. The predicted octanol–water partition coefficient (Wildman–Crippen LogP) is 3.04. The van der Waals surface area contributed by atoms with Crippen LogP contribution in [0.2, 0.25) is 5.15 Å². The van der Waals surface area contributed by atoms with E-state index in [2.05, 4.69) is 31.2 Å². The van der Waals surface area contributed by atoms with Crippen molar-refractivity contribution in [2.75, 3.05) is 11.1 Å². The highest BCUT2D eigenvalue weighted by Gasteiger charge is 2.10. The van der Waals surface area contributed by atoms with Gasteiger partial charge in [0.2, 0.25) is 5.95 Å². The predicted molar refractivity (Wildman–Crippen MR) is 78.3 cm³/mol. The Morgan fingerprint density at radius 2 is 2.05 bits per heavy atom. The number of carbonyl (C=O) groups excluding carboxylic acids is 1. The van der Waals surface area contributed by atoms with Gasteiger partial charge >= 0.3 is 0 Å². The number of hydrogen-bond donors (Lipinski definition) is 2. The van der Waals surface area contributed by atoms with E-state index in [1.165, 1.54) is 0 Å². The highest BCUT2D eigenvalue weighted by atomic mass is 79.9. The maximum absolute atomic E-state index is 12.0. The van der Waals surface area contributed by atoms with Crippen molar-refractivity contribution < 1.29 is 4.79 Å². The van der Waals surface area contributed by atoms with Gasteiger partial charge in [-0.25, -0.2) is 9.97 Å². The quantitative estimate of drug-likeness (QED) is 0.650. The van der Waals surface area contributed by atoms with E-state index < -0.39 is 0 Å². The summed E-state index contributed by atoms with van der Waals surface area (Å²) in [6, 6.07) is 6.53. The zero-order chi connectivity index (χ0) is 14.0. The molecular formula is C12H10BrClN4O. The zero-order valence-corrected chi connectivity index (χ0v) is 12.3. The van der Waals surface area contributed by atoms with Crippen molar-refractivity contribution in [2.24, 2.45) is 0 Å². The molecule has 0 fully saturated rings. The van der Waals surface area contributed by atoms with Crippen molar-refractivity contribution in [3.05, 3.63) is 45.1 Å². The second-order valence-electron chi connectivity index (χ2n) is 3.88. The molecule has 0 aliphatic carbocycles. The molecule has 0 radical (unpaired) electrons. The van der Waals surface area contributed by atoms with E-state index in [1.54, 1.807) is 31.2 Å². The van der Waals surface area contributed by atoms with Gasteiger partial charge in [0, 0.05) is 21.4 Å². The molecule has 0 saturated heterocycles. The lowest BCUT2D eigenvalue weighted by Crippen LogP contribution is -2.15. The lowest BCUT2D eigenvalue weighted by atomic mass is 10.2. The van der Waals surface area contributed by atoms with Crippen LogP contribution >= 0.6 is 27.5 Å². The minimum atomic E-state index is -0.352. The fourth-order valence-electron chi connectivity index (χ4n) is 1.50. The first-order valence-electron chi connectivity index (χ1n) is 5.32. The van der Waals surface area contributed by atoms with E-state index in [9.17, 15) is 4.79 Å². The van der Waals surface area contributed by atoms with Crippen LogP contribution in [0.25, 0.3) is 0 Å². The third-order valence-electron chi connectivity index (χ3n) is 2.23. The summed E-state index contributed by atoms with van der Waals surface area (Å²) in [5.74, 6) is -0.191. The van der Waals surface area contributed by atoms with Crippen molar-refractivity contribution >= 4 is 45.1 Å². The van der Waals surface area contributed by atoms with Crippen LogP contribution in [0.3, 0.4) is 0 Å². The third-order valence-corrected chi connectivity index (χ3v) is 2.88.